The quantitative estimate of drug-likeness (QED) is 0.407. The van der Waals surface area contributed by atoms with Crippen LogP contribution in [0.5, 0.6) is 0 Å². The second kappa shape index (κ2) is 6.27. The highest BCUT2D eigenvalue weighted by Crippen LogP contribution is 1.96. The summed E-state index contributed by atoms with van der Waals surface area (Å²) < 4.78 is 0. The molecule has 0 aromatic heterocycles. The molecule has 2 nitrogen and oxygen atoms in total. The van der Waals surface area contributed by atoms with E-state index in [9.17, 15) is 0 Å². The summed E-state index contributed by atoms with van der Waals surface area (Å²) >= 11 is 1.51. The second-order valence-electron chi connectivity index (χ2n) is 1.18. The molecule has 0 unspecified atom stereocenters. The lowest BCUT2D eigenvalue weighted by atomic mass is 10.5. The van der Waals surface area contributed by atoms with E-state index in [-0.39, 0.29) is 5.94 Å². The lowest BCUT2D eigenvalue weighted by molar-refractivity contribution is 0.375. The molecule has 0 aliphatic carbocycles. The molecule has 0 atom stereocenters. The Labute approximate surface area is 48.1 Å². The first kappa shape index (κ1) is 7.27. The maximum Gasteiger partial charge on any atom is 0.0885 e. The fourth-order valence-electron chi connectivity index (χ4n) is 0.250. The minimum Gasteiger partial charge on any atom is -0.386 e. The van der Waals surface area contributed by atoms with Crippen LogP contribution >= 0.6 is 11.8 Å². The Morgan fingerprint density at radius 2 is 2.29 bits per heavy atom. The highest BCUT2D eigenvalue weighted by atomic mass is 32.2. The number of aliphatic hydroxyl groups excluding tert-OH is 1. The number of hydrogen-bond acceptors (Lipinski definition) is 3. The fourth-order valence-corrected chi connectivity index (χ4v) is 0.750. The summed E-state index contributed by atoms with van der Waals surface area (Å²) in [4.78, 5) is 0. The number of hydrogen-bond donors (Lipinski definition) is 2. The summed E-state index contributed by atoms with van der Waals surface area (Å²) in [7, 11) is 0. The molecule has 0 aliphatic rings. The zero-order valence-corrected chi connectivity index (χ0v) is 5.08. The molecule has 7 heavy (non-hydrogen) atoms. The topological polar surface area (TPSA) is 46.2 Å². The lowest BCUT2D eigenvalue weighted by Crippen LogP contribution is -1.99. The second-order valence-corrected chi connectivity index (χ2v) is 2.25. The number of thioether (sulfide) groups is 1. The van der Waals surface area contributed by atoms with Gasteiger partial charge in [0.2, 0.25) is 0 Å². The van der Waals surface area contributed by atoms with Crippen LogP contribution in [0.4, 0.5) is 0 Å². The number of aliphatic hydroxyl groups is 1. The SMILES string of the molecule is NCCCSCO. The molecule has 0 fully saturated rings. The van der Waals surface area contributed by atoms with Crippen LogP contribution in [0.3, 0.4) is 0 Å². The predicted octanol–water partition coefficient (Wildman–Crippen LogP) is 0.0182. The van der Waals surface area contributed by atoms with Crippen LogP contribution < -0.4 is 5.73 Å². The van der Waals surface area contributed by atoms with Crippen molar-refractivity contribution in [3.05, 3.63) is 0 Å². The number of nitrogens with two attached hydrogens (primary N) is 1. The van der Waals surface area contributed by atoms with Crippen LogP contribution in [-0.4, -0.2) is 23.3 Å². The van der Waals surface area contributed by atoms with Crippen molar-refractivity contribution in [2.24, 2.45) is 5.73 Å². The van der Waals surface area contributed by atoms with Crippen molar-refractivity contribution in [2.75, 3.05) is 18.2 Å². The highest BCUT2D eigenvalue weighted by Gasteiger charge is 1.80. The van der Waals surface area contributed by atoms with Crippen LogP contribution in [0.25, 0.3) is 0 Å². The first-order valence-electron chi connectivity index (χ1n) is 2.30. The van der Waals surface area contributed by atoms with E-state index in [1.807, 2.05) is 0 Å². The zero-order valence-electron chi connectivity index (χ0n) is 4.26. The van der Waals surface area contributed by atoms with Gasteiger partial charge in [-0.1, -0.05) is 0 Å². The van der Waals surface area contributed by atoms with Crippen molar-refractivity contribution in [3.63, 3.8) is 0 Å². The predicted molar refractivity (Wildman–Crippen MR) is 33.2 cm³/mol. The van der Waals surface area contributed by atoms with Gasteiger partial charge in [-0.2, -0.15) is 0 Å². The molecule has 0 rings (SSSR count). The van der Waals surface area contributed by atoms with Gasteiger partial charge in [0.05, 0.1) is 5.94 Å². The molecule has 0 aromatic carbocycles. The van der Waals surface area contributed by atoms with Crippen molar-refractivity contribution in [2.45, 2.75) is 6.42 Å². The summed E-state index contributed by atoms with van der Waals surface area (Å²) in [5.74, 6) is 1.20. The van der Waals surface area contributed by atoms with E-state index in [1.165, 1.54) is 11.8 Å². The molecule has 0 saturated carbocycles. The largest absolute Gasteiger partial charge is 0.386 e. The smallest absolute Gasteiger partial charge is 0.0885 e. The molecule has 0 saturated heterocycles. The van der Waals surface area contributed by atoms with Gasteiger partial charge >= 0.3 is 0 Å². The Morgan fingerprint density at radius 3 is 2.71 bits per heavy atom. The Kier molecular flexibility index (Phi) is 6.51. The average molecular weight is 121 g/mol. The molecule has 3 N–H and O–H groups in total. The van der Waals surface area contributed by atoms with Gasteiger partial charge in [-0.25, -0.2) is 0 Å². The van der Waals surface area contributed by atoms with Gasteiger partial charge in [0.15, 0.2) is 0 Å². The molecule has 3 heteroatoms. The van der Waals surface area contributed by atoms with Crippen LogP contribution in [0, 0.1) is 0 Å². The van der Waals surface area contributed by atoms with Gasteiger partial charge in [0.25, 0.3) is 0 Å². The molecule has 0 heterocycles. The summed E-state index contributed by atoms with van der Waals surface area (Å²) in [5.41, 5.74) is 5.17. The lowest BCUT2D eigenvalue weighted by Gasteiger charge is -1.90. The minimum absolute atomic E-state index is 0.222. The van der Waals surface area contributed by atoms with Crippen molar-refractivity contribution in [1.29, 1.82) is 0 Å². The Hall–Kier alpha value is 0.270. The number of rotatable bonds is 4. The molecule has 0 aliphatic heterocycles. The molecular weight excluding hydrogens is 110 g/mol. The van der Waals surface area contributed by atoms with Crippen LogP contribution in [0.2, 0.25) is 0 Å². The molecule has 0 amide bonds. The van der Waals surface area contributed by atoms with Gasteiger partial charge in [-0.15, -0.1) is 11.8 Å². The van der Waals surface area contributed by atoms with Crippen molar-refractivity contribution < 1.29 is 5.11 Å². The van der Waals surface area contributed by atoms with Gasteiger partial charge in [-0.05, 0) is 18.7 Å². The average Bonchev–Trinajstić information content (AvgIpc) is 1.69. The zero-order chi connectivity index (χ0) is 5.54. The van der Waals surface area contributed by atoms with Gasteiger partial charge in [0.1, 0.15) is 0 Å². The summed E-state index contributed by atoms with van der Waals surface area (Å²) in [6.07, 6.45) is 1.01. The van der Waals surface area contributed by atoms with Crippen LogP contribution in [0.15, 0.2) is 0 Å². The fraction of sp³-hybridized carbons (Fsp3) is 1.00. The highest BCUT2D eigenvalue weighted by molar-refractivity contribution is 7.99. The molecule has 0 bridgehead atoms. The Balaban J connectivity index is 2.45. The molecule has 0 spiro atoms. The Bertz CT molecular complexity index is 30.9. The first-order valence-corrected chi connectivity index (χ1v) is 3.46. The monoisotopic (exact) mass is 121 g/mol. The third-order valence-corrected chi connectivity index (χ3v) is 1.34. The maximum absolute atomic E-state index is 8.22. The van der Waals surface area contributed by atoms with E-state index in [0.29, 0.717) is 0 Å². The summed E-state index contributed by atoms with van der Waals surface area (Å²) in [6.45, 7) is 0.729. The summed E-state index contributed by atoms with van der Waals surface area (Å²) in [5, 5.41) is 8.22. The van der Waals surface area contributed by atoms with Gasteiger partial charge < -0.3 is 10.8 Å². The molecule has 0 aromatic rings. The van der Waals surface area contributed by atoms with E-state index >= 15 is 0 Å². The molecule has 44 valence electrons. The van der Waals surface area contributed by atoms with E-state index in [0.717, 1.165) is 18.7 Å². The van der Waals surface area contributed by atoms with Crippen molar-refractivity contribution >= 4 is 11.8 Å². The summed E-state index contributed by atoms with van der Waals surface area (Å²) in [6, 6.07) is 0. The van der Waals surface area contributed by atoms with Crippen molar-refractivity contribution in [1.82, 2.24) is 0 Å². The first-order chi connectivity index (χ1) is 3.41. The standard InChI is InChI=1S/C4H11NOS/c5-2-1-3-7-4-6/h6H,1-5H2. The van der Waals surface area contributed by atoms with Crippen LogP contribution in [0.1, 0.15) is 6.42 Å². The normalized spacial score (nSPS) is 9.43. The maximum atomic E-state index is 8.22. The molecule has 0 radical (unpaired) electrons. The van der Waals surface area contributed by atoms with E-state index in [1.54, 1.807) is 0 Å². The Morgan fingerprint density at radius 1 is 1.57 bits per heavy atom. The van der Waals surface area contributed by atoms with E-state index in [4.69, 9.17) is 10.8 Å². The minimum atomic E-state index is 0.222. The van der Waals surface area contributed by atoms with Crippen molar-refractivity contribution in [3.8, 4) is 0 Å². The third kappa shape index (κ3) is 6.27. The third-order valence-electron chi connectivity index (χ3n) is 0.584. The van der Waals surface area contributed by atoms with E-state index in [2.05, 4.69) is 0 Å². The van der Waals surface area contributed by atoms with Gasteiger partial charge in [0, 0.05) is 0 Å². The molecular formula is C4H11NOS. The van der Waals surface area contributed by atoms with E-state index < -0.39 is 0 Å². The van der Waals surface area contributed by atoms with Gasteiger partial charge in [-0.3, -0.25) is 0 Å². The van der Waals surface area contributed by atoms with Crippen LogP contribution in [-0.2, 0) is 0 Å².